The molecule has 11 rings (SSSR count). The van der Waals surface area contributed by atoms with Gasteiger partial charge in [0, 0.05) is 38.5 Å². The van der Waals surface area contributed by atoms with Crippen molar-refractivity contribution in [2.24, 2.45) is 0 Å². The quantitative estimate of drug-likeness (QED) is 0.191. The zero-order valence-corrected chi connectivity index (χ0v) is 27.0. The van der Waals surface area contributed by atoms with E-state index in [9.17, 15) is 0 Å². The zero-order valence-electron chi connectivity index (χ0n) is 26.2. The van der Waals surface area contributed by atoms with E-state index in [4.69, 9.17) is 13.8 Å². The Morgan fingerprint density at radius 2 is 1.20 bits per heavy atom. The van der Waals surface area contributed by atoms with E-state index in [2.05, 4.69) is 126 Å². The average Bonchev–Trinajstić information content (AvgIpc) is 3.93. The molecule has 3 aromatic heterocycles. The molecule has 0 fully saturated rings. The Balaban J connectivity index is 1.24. The van der Waals surface area contributed by atoms with E-state index >= 15 is 0 Å². The fourth-order valence-corrected chi connectivity index (χ4v) is 8.68. The largest absolute Gasteiger partial charge is 0.456 e. The fourth-order valence-electron chi connectivity index (χ4n) is 7.67. The lowest BCUT2D eigenvalue weighted by molar-refractivity contribution is 0.669. The van der Waals surface area contributed by atoms with Gasteiger partial charge in [-0.05, 0) is 77.2 Å². The van der Waals surface area contributed by atoms with Crippen LogP contribution in [0.5, 0.6) is 0 Å². The van der Waals surface area contributed by atoms with Crippen LogP contribution in [0.2, 0.25) is 0 Å². The molecule has 0 radical (unpaired) electrons. The number of nitrogens with zero attached hydrogens (tertiary/aromatic N) is 2. The highest BCUT2D eigenvalue weighted by Gasteiger charge is 2.27. The molecule has 0 unspecified atom stereocenters. The van der Waals surface area contributed by atoms with E-state index in [0.717, 1.165) is 88.1 Å². The van der Waals surface area contributed by atoms with Crippen LogP contribution >= 0.6 is 11.3 Å². The molecule has 4 nitrogen and oxygen atoms in total. The summed E-state index contributed by atoms with van der Waals surface area (Å²) in [5.74, 6) is 0. The van der Waals surface area contributed by atoms with Gasteiger partial charge in [0.05, 0.1) is 4.70 Å². The second kappa shape index (κ2) is 10.2. The summed E-state index contributed by atoms with van der Waals surface area (Å²) in [6.07, 6.45) is 0.900. The van der Waals surface area contributed by atoms with Crippen molar-refractivity contribution in [1.29, 1.82) is 0 Å². The van der Waals surface area contributed by atoms with Crippen molar-refractivity contribution in [2.45, 2.75) is 6.42 Å². The molecule has 7 aromatic carbocycles. The third kappa shape index (κ3) is 4.00. The monoisotopic (exact) mass is 646 g/mol. The first-order chi connectivity index (χ1) is 24.3. The minimum Gasteiger partial charge on any atom is -0.456 e. The van der Waals surface area contributed by atoms with E-state index in [1.807, 2.05) is 24.3 Å². The topological polar surface area (TPSA) is 42.4 Å². The van der Waals surface area contributed by atoms with E-state index in [1.54, 1.807) is 11.3 Å². The van der Waals surface area contributed by atoms with Gasteiger partial charge in [0.15, 0.2) is 5.58 Å². The van der Waals surface area contributed by atoms with Crippen LogP contribution in [0.25, 0.3) is 75.8 Å². The SMILES string of the molecule is c1ccc(-c2nc3c(N(c4ccc5c(c4)Cc4ccccc4-5)c4ccc5oc6ccccc6c5c4)c4oc5ccccc5c4cc3s2)cc1. The summed E-state index contributed by atoms with van der Waals surface area (Å²) in [6.45, 7) is 0. The number of hydrogen-bond acceptors (Lipinski definition) is 5. The van der Waals surface area contributed by atoms with E-state index in [-0.39, 0.29) is 0 Å². The van der Waals surface area contributed by atoms with E-state index in [0.29, 0.717) is 0 Å². The van der Waals surface area contributed by atoms with Crippen LogP contribution in [0, 0.1) is 0 Å². The number of para-hydroxylation sites is 2. The molecule has 0 saturated carbocycles. The normalized spacial score (nSPS) is 12.4. The fraction of sp³-hybridized carbons (Fsp3) is 0.0227. The number of furan rings is 2. The molecule has 0 amide bonds. The summed E-state index contributed by atoms with van der Waals surface area (Å²) in [5, 5.41) is 5.32. The van der Waals surface area contributed by atoms with Crippen LogP contribution < -0.4 is 4.90 Å². The van der Waals surface area contributed by atoms with Gasteiger partial charge >= 0.3 is 0 Å². The van der Waals surface area contributed by atoms with E-state index < -0.39 is 0 Å². The third-order valence-corrected chi connectivity index (χ3v) is 11.0. The number of thiazole rings is 1. The number of hydrogen-bond donors (Lipinski definition) is 0. The van der Waals surface area contributed by atoms with Gasteiger partial charge in [-0.2, -0.15) is 0 Å². The standard InChI is InChI=1S/C44H26N2O2S/c1-2-10-26(11-3-1)44-45-41-40(49-44)25-36-34-15-7-9-17-38(34)48-43(36)42(41)46(29-18-20-32-28(23-29)22-27-12-4-5-13-31(27)32)30-19-21-39-35(24-30)33-14-6-8-16-37(33)47-39/h1-21,23-25H,22H2. The molecule has 10 aromatic rings. The summed E-state index contributed by atoms with van der Waals surface area (Å²) >= 11 is 1.72. The number of fused-ring (bicyclic) bond motifs is 10. The second-order valence-electron chi connectivity index (χ2n) is 12.7. The zero-order chi connectivity index (χ0) is 32.1. The van der Waals surface area contributed by atoms with Crippen LogP contribution in [0.15, 0.2) is 154 Å². The number of rotatable bonds is 4. The van der Waals surface area contributed by atoms with Crippen LogP contribution in [-0.2, 0) is 6.42 Å². The van der Waals surface area contributed by atoms with Gasteiger partial charge in [-0.25, -0.2) is 4.98 Å². The van der Waals surface area contributed by atoms with Crippen molar-refractivity contribution in [3.05, 3.63) is 157 Å². The Hall–Kier alpha value is -6.17. The highest BCUT2D eigenvalue weighted by molar-refractivity contribution is 7.21. The first-order valence-electron chi connectivity index (χ1n) is 16.5. The second-order valence-corrected chi connectivity index (χ2v) is 13.8. The third-order valence-electron chi connectivity index (χ3n) is 9.90. The minimum absolute atomic E-state index is 0.819. The molecular formula is C44H26N2O2S. The van der Waals surface area contributed by atoms with Crippen molar-refractivity contribution in [1.82, 2.24) is 4.98 Å². The highest BCUT2D eigenvalue weighted by atomic mass is 32.1. The van der Waals surface area contributed by atoms with Gasteiger partial charge in [-0.15, -0.1) is 11.3 Å². The Morgan fingerprint density at radius 1 is 0.531 bits per heavy atom. The van der Waals surface area contributed by atoms with Crippen LogP contribution in [0.1, 0.15) is 11.1 Å². The van der Waals surface area contributed by atoms with E-state index in [1.165, 1.54) is 22.3 Å². The Kier molecular flexibility index (Phi) is 5.57. The predicted octanol–water partition coefficient (Wildman–Crippen LogP) is 12.8. The molecule has 5 heteroatoms. The predicted molar refractivity (Wildman–Crippen MR) is 203 cm³/mol. The summed E-state index contributed by atoms with van der Waals surface area (Å²) < 4.78 is 14.2. The number of benzene rings is 7. The molecule has 0 saturated heterocycles. The lowest BCUT2D eigenvalue weighted by atomic mass is 10.0. The van der Waals surface area contributed by atoms with Crippen molar-refractivity contribution in [3.8, 4) is 21.7 Å². The summed E-state index contributed by atoms with van der Waals surface area (Å²) in [7, 11) is 0. The molecular weight excluding hydrogens is 621 g/mol. The lowest BCUT2D eigenvalue weighted by Crippen LogP contribution is -2.11. The van der Waals surface area contributed by atoms with Gasteiger partial charge in [0.2, 0.25) is 0 Å². The van der Waals surface area contributed by atoms with Gasteiger partial charge in [0.25, 0.3) is 0 Å². The molecule has 0 bridgehead atoms. The van der Waals surface area contributed by atoms with Crippen molar-refractivity contribution in [2.75, 3.05) is 4.90 Å². The summed E-state index contributed by atoms with van der Waals surface area (Å²) in [5.41, 5.74) is 13.7. The molecule has 1 aliphatic carbocycles. The molecule has 0 N–H and O–H groups in total. The van der Waals surface area contributed by atoms with Crippen LogP contribution in [-0.4, -0.2) is 4.98 Å². The molecule has 0 aliphatic heterocycles. The highest BCUT2D eigenvalue weighted by Crippen LogP contribution is 2.50. The smallest absolute Gasteiger partial charge is 0.161 e. The molecule has 0 spiro atoms. The van der Waals surface area contributed by atoms with Crippen molar-refractivity contribution < 1.29 is 8.83 Å². The maximum absolute atomic E-state index is 6.82. The number of aromatic nitrogens is 1. The first-order valence-corrected chi connectivity index (χ1v) is 17.3. The number of anilines is 3. The van der Waals surface area contributed by atoms with Crippen LogP contribution in [0.4, 0.5) is 17.1 Å². The lowest BCUT2D eigenvalue weighted by Gasteiger charge is -2.26. The van der Waals surface area contributed by atoms with Gasteiger partial charge in [-0.1, -0.05) is 97.1 Å². The maximum atomic E-state index is 6.82. The minimum atomic E-state index is 0.819. The molecule has 1 aliphatic rings. The summed E-state index contributed by atoms with van der Waals surface area (Å²) in [6, 6.07) is 51.4. The molecule has 49 heavy (non-hydrogen) atoms. The Morgan fingerprint density at radius 3 is 2.08 bits per heavy atom. The Labute approximate surface area is 285 Å². The van der Waals surface area contributed by atoms with Crippen molar-refractivity contribution >= 4 is 82.5 Å². The first kappa shape index (κ1) is 26.9. The molecule has 230 valence electrons. The maximum Gasteiger partial charge on any atom is 0.161 e. The molecule has 0 atom stereocenters. The van der Waals surface area contributed by atoms with Gasteiger partial charge < -0.3 is 13.7 Å². The molecule has 3 heterocycles. The van der Waals surface area contributed by atoms with Gasteiger partial charge in [0.1, 0.15) is 33.0 Å². The average molecular weight is 647 g/mol. The summed E-state index contributed by atoms with van der Waals surface area (Å²) in [4.78, 5) is 7.73. The van der Waals surface area contributed by atoms with Gasteiger partial charge in [-0.3, -0.25) is 0 Å². The Bertz CT molecular complexity index is 2930. The van der Waals surface area contributed by atoms with Crippen molar-refractivity contribution in [3.63, 3.8) is 0 Å². The van der Waals surface area contributed by atoms with Crippen LogP contribution in [0.3, 0.4) is 0 Å².